The molecule has 1 saturated heterocycles. The van der Waals surface area contributed by atoms with Crippen molar-refractivity contribution >= 4 is 40.8 Å². The van der Waals surface area contributed by atoms with Gasteiger partial charge in [-0.15, -0.1) is 0 Å². The van der Waals surface area contributed by atoms with E-state index in [1.165, 1.54) is 11.1 Å². The van der Waals surface area contributed by atoms with Crippen molar-refractivity contribution in [2.45, 2.75) is 46.0 Å². The van der Waals surface area contributed by atoms with Crippen molar-refractivity contribution in [1.82, 2.24) is 30.0 Å². The van der Waals surface area contributed by atoms with Gasteiger partial charge < -0.3 is 20.4 Å². The SMILES string of the molecule is Cc1cc(Nc2nc(Nc3cc(C)c(C4CCN(C(=O)CCN(C)C)CC4)cc3C)ncc2Cl)n[nH]1. The normalized spacial score (nSPS) is 14.4. The molecule has 4 rings (SSSR count). The monoisotopic (exact) mass is 510 g/mol. The number of anilines is 4. The van der Waals surface area contributed by atoms with Crippen LogP contribution in [-0.4, -0.2) is 69.6 Å². The smallest absolute Gasteiger partial charge is 0.229 e. The van der Waals surface area contributed by atoms with E-state index in [9.17, 15) is 4.79 Å². The number of rotatable bonds is 8. The van der Waals surface area contributed by atoms with Crippen LogP contribution in [0, 0.1) is 20.8 Å². The molecule has 3 aromatic rings. The fourth-order valence-corrected chi connectivity index (χ4v) is 4.71. The second kappa shape index (κ2) is 11.3. The Hall–Kier alpha value is -3.17. The van der Waals surface area contributed by atoms with Gasteiger partial charge in [0.2, 0.25) is 11.9 Å². The van der Waals surface area contributed by atoms with Gasteiger partial charge in [-0.25, -0.2) is 4.98 Å². The molecule has 1 aromatic carbocycles. The number of carbonyl (C=O) groups is 1. The zero-order chi connectivity index (χ0) is 25.8. The molecule has 3 N–H and O–H groups in total. The van der Waals surface area contributed by atoms with Crippen LogP contribution in [0.25, 0.3) is 0 Å². The minimum atomic E-state index is 0.258. The highest BCUT2D eigenvalue weighted by Crippen LogP contribution is 2.34. The van der Waals surface area contributed by atoms with Crippen LogP contribution >= 0.6 is 11.6 Å². The van der Waals surface area contributed by atoms with E-state index in [0.29, 0.717) is 34.9 Å². The van der Waals surface area contributed by atoms with Crippen LogP contribution in [0.2, 0.25) is 5.02 Å². The van der Waals surface area contributed by atoms with E-state index in [4.69, 9.17) is 11.6 Å². The number of nitrogens with zero attached hydrogens (tertiary/aromatic N) is 5. The van der Waals surface area contributed by atoms with Gasteiger partial charge in [0.15, 0.2) is 11.6 Å². The summed E-state index contributed by atoms with van der Waals surface area (Å²) < 4.78 is 0. The number of hydrogen-bond donors (Lipinski definition) is 3. The summed E-state index contributed by atoms with van der Waals surface area (Å²) in [5.41, 5.74) is 5.59. The molecule has 1 aliphatic rings. The maximum absolute atomic E-state index is 12.5. The summed E-state index contributed by atoms with van der Waals surface area (Å²) in [4.78, 5) is 25.5. The highest BCUT2D eigenvalue weighted by atomic mass is 35.5. The van der Waals surface area contributed by atoms with Crippen LogP contribution in [0.3, 0.4) is 0 Å². The predicted molar refractivity (Wildman–Crippen MR) is 145 cm³/mol. The number of H-pyrrole nitrogens is 1. The molecule has 36 heavy (non-hydrogen) atoms. The van der Waals surface area contributed by atoms with Gasteiger partial charge in [0.25, 0.3) is 0 Å². The number of aromatic amines is 1. The summed E-state index contributed by atoms with van der Waals surface area (Å²) in [6, 6.07) is 6.29. The molecule has 192 valence electrons. The molecule has 1 fully saturated rings. The number of hydrogen-bond acceptors (Lipinski definition) is 7. The van der Waals surface area contributed by atoms with Gasteiger partial charge in [0, 0.05) is 43.5 Å². The van der Waals surface area contributed by atoms with E-state index in [1.54, 1.807) is 6.20 Å². The number of piperidine rings is 1. The summed E-state index contributed by atoms with van der Waals surface area (Å²) in [5, 5.41) is 13.9. The van der Waals surface area contributed by atoms with Gasteiger partial charge in [-0.3, -0.25) is 9.89 Å². The standard InChI is InChI=1S/C26H35ClN8O/c1-16-13-22(29-26-28-15-21(27)25(31-26)30-23-14-18(3)32-33-23)17(2)12-20(16)19-6-10-35(11-7-19)24(36)8-9-34(4)5/h12-15,19H,6-11H2,1-5H3,(H3,28,29,30,31,32,33). The zero-order valence-corrected chi connectivity index (χ0v) is 22.4. The molecule has 10 heteroatoms. The molecule has 2 aromatic heterocycles. The van der Waals surface area contributed by atoms with Crippen molar-refractivity contribution in [3.05, 3.63) is 51.8 Å². The lowest BCUT2D eigenvalue weighted by Crippen LogP contribution is -2.39. The van der Waals surface area contributed by atoms with E-state index in [1.807, 2.05) is 32.0 Å². The number of aromatic nitrogens is 4. The third kappa shape index (κ3) is 6.33. The second-order valence-electron chi connectivity index (χ2n) is 9.81. The van der Waals surface area contributed by atoms with Crippen molar-refractivity contribution in [1.29, 1.82) is 0 Å². The molecule has 0 aliphatic carbocycles. The van der Waals surface area contributed by atoms with Crippen molar-refractivity contribution in [3.8, 4) is 0 Å². The molecule has 1 amide bonds. The molecule has 0 saturated carbocycles. The lowest BCUT2D eigenvalue weighted by Gasteiger charge is -2.33. The second-order valence-corrected chi connectivity index (χ2v) is 10.2. The first kappa shape index (κ1) is 25.9. The van der Waals surface area contributed by atoms with Gasteiger partial charge in [-0.1, -0.05) is 17.7 Å². The molecular weight excluding hydrogens is 476 g/mol. The third-order valence-corrected chi connectivity index (χ3v) is 6.89. The molecule has 0 atom stereocenters. The van der Waals surface area contributed by atoms with E-state index >= 15 is 0 Å². The number of likely N-dealkylation sites (tertiary alicyclic amines) is 1. The highest BCUT2D eigenvalue weighted by molar-refractivity contribution is 6.32. The summed E-state index contributed by atoms with van der Waals surface area (Å²) in [7, 11) is 4.00. The predicted octanol–water partition coefficient (Wildman–Crippen LogP) is 4.92. The summed E-state index contributed by atoms with van der Waals surface area (Å²) in [6.07, 6.45) is 4.13. The summed E-state index contributed by atoms with van der Waals surface area (Å²) in [5.74, 6) is 2.29. The van der Waals surface area contributed by atoms with Crippen LogP contribution in [0.15, 0.2) is 24.4 Å². The molecule has 0 radical (unpaired) electrons. The first-order valence-corrected chi connectivity index (χ1v) is 12.7. The number of amides is 1. The zero-order valence-electron chi connectivity index (χ0n) is 21.7. The topological polar surface area (TPSA) is 102 Å². The van der Waals surface area contributed by atoms with E-state index in [2.05, 4.69) is 61.7 Å². The lowest BCUT2D eigenvalue weighted by atomic mass is 9.85. The van der Waals surface area contributed by atoms with Crippen molar-refractivity contribution in [2.24, 2.45) is 0 Å². The Labute approximate surface area is 217 Å². The van der Waals surface area contributed by atoms with Crippen LogP contribution in [0.5, 0.6) is 0 Å². The third-order valence-electron chi connectivity index (χ3n) is 6.62. The summed E-state index contributed by atoms with van der Waals surface area (Å²) in [6.45, 7) is 8.59. The minimum Gasteiger partial charge on any atom is -0.343 e. The van der Waals surface area contributed by atoms with Crippen molar-refractivity contribution in [2.75, 3.05) is 44.4 Å². The fraction of sp³-hybridized carbons (Fsp3) is 0.462. The van der Waals surface area contributed by atoms with E-state index < -0.39 is 0 Å². The number of aryl methyl sites for hydroxylation is 3. The maximum Gasteiger partial charge on any atom is 0.229 e. The Kier molecular flexibility index (Phi) is 8.11. The average Bonchev–Trinajstić information content (AvgIpc) is 3.26. The molecule has 9 nitrogen and oxygen atoms in total. The number of nitrogens with one attached hydrogen (secondary N) is 3. The minimum absolute atomic E-state index is 0.258. The van der Waals surface area contributed by atoms with Gasteiger partial charge in [0.05, 0.1) is 6.20 Å². The highest BCUT2D eigenvalue weighted by Gasteiger charge is 2.25. The Balaban J connectivity index is 1.42. The first-order chi connectivity index (χ1) is 17.2. The first-order valence-electron chi connectivity index (χ1n) is 12.3. The van der Waals surface area contributed by atoms with Crippen LogP contribution in [0.4, 0.5) is 23.3 Å². The Morgan fingerprint density at radius 2 is 1.89 bits per heavy atom. The number of benzene rings is 1. The maximum atomic E-state index is 12.5. The van der Waals surface area contributed by atoms with Crippen molar-refractivity contribution in [3.63, 3.8) is 0 Å². The van der Waals surface area contributed by atoms with Crippen LogP contribution in [-0.2, 0) is 4.79 Å². The van der Waals surface area contributed by atoms with E-state index in [-0.39, 0.29) is 5.91 Å². The lowest BCUT2D eigenvalue weighted by molar-refractivity contribution is -0.132. The van der Waals surface area contributed by atoms with Gasteiger partial charge >= 0.3 is 0 Å². The van der Waals surface area contributed by atoms with Crippen LogP contribution < -0.4 is 10.6 Å². The summed E-state index contributed by atoms with van der Waals surface area (Å²) >= 11 is 6.30. The van der Waals surface area contributed by atoms with Crippen LogP contribution in [0.1, 0.15) is 47.6 Å². The van der Waals surface area contributed by atoms with Gasteiger partial charge in [-0.05, 0) is 76.4 Å². The molecule has 0 spiro atoms. The Morgan fingerprint density at radius 1 is 1.14 bits per heavy atom. The largest absolute Gasteiger partial charge is 0.343 e. The van der Waals surface area contributed by atoms with Crippen molar-refractivity contribution < 1.29 is 4.79 Å². The Morgan fingerprint density at radius 3 is 2.56 bits per heavy atom. The van der Waals surface area contributed by atoms with Gasteiger partial charge in [-0.2, -0.15) is 10.1 Å². The molecular formula is C26H35ClN8O. The van der Waals surface area contributed by atoms with E-state index in [0.717, 1.165) is 49.4 Å². The van der Waals surface area contributed by atoms with Gasteiger partial charge in [0.1, 0.15) is 5.02 Å². The Bertz CT molecular complexity index is 1220. The number of carbonyl (C=O) groups excluding carboxylic acids is 1. The fourth-order valence-electron chi connectivity index (χ4n) is 4.57. The molecule has 0 unspecified atom stereocenters. The molecule has 3 heterocycles. The molecule has 1 aliphatic heterocycles. The number of halogens is 1. The average molecular weight is 511 g/mol. The quantitative estimate of drug-likeness (QED) is 0.395. The molecule has 0 bridgehead atoms.